The third-order valence-electron chi connectivity index (χ3n) is 2.60. The molecule has 0 radical (unpaired) electrons. The summed E-state index contributed by atoms with van der Waals surface area (Å²) in [6, 6.07) is 0. The number of ether oxygens (including phenoxy) is 1. The van der Waals surface area contributed by atoms with Gasteiger partial charge in [-0.05, 0) is 19.8 Å². The zero-order chi connectivity index (χ0) is 9.73. The zero-order valence-corrected chi connectivity index (χ0v) is 8.90. The normalized spacial score (nSPS) is 24.2. The Morgan fingerprint density at radius 2 is 2.00 bits per heavy atom. The lowest BCUT2D eigenvalue weighted by atomic mass is 9.86. The second kappa shape index (κ2) is 5.08. The van der Waals surface area contributed by atoms with Crippen LogP contribution in [0.3, 0.4) is 0 Å². The van der Waals surface area contributed by atoms with Gasteiger partial charge in [-0.2, -0.15) is 0 Å². The lowest BCUT2D eigenvalue weighted by Gasteiger charge is -2.37. The van der Waals surface area contributed by atoms with Crippen LogP contribution in [-0.2, 0) is 15.8 Å². The highest BCUT2D eigenvalue weighted by molar-refractivity contribution is 7.79. The Bertz CT molecular complexity index is 170. The second-order valence-corrected chi connectivity index (χ2v) is 4.52. The zero-order valence-electron chi connectivity index (χ0n) is 8.08. The first-order chi connectivity index (χ1) is 6.18. The van der Waals surface area contributed by atoms with E-state index in [1.54, 1.807) is 0 Å². The molecule has 0 bridgehead atoms. The van der Waals surface area contributed by atoms with Gasteiger partial charge < -0.3 is 9.29 Å². The van der Waals surface area contributed by atoms with Gasteiger partial charge in [0.25, 0.3) is 0 Å². The molecule has 0 spiro atoms. The van der Waals surface area contributed by atoms with Crippen LogP contribution < -0.4 is 0 Å². The summed E-state index contributed by atoms with van der Waals surface area (Å²) in [5, 5.41) is 0. The molecule has 1 fully saturated rings. The van der Waals surface area contributed by atoms with Crippen molar-refractivity contribution in [2.75, 3.05) is 12.4 Å². The van der Waals surface area contributed by atoms with Gasteiger partial charge >= 0.3 is 0 Å². The minimum atomic E-state index is -1.98. The molecule has 3 nitrogen and oxygen atoms in total. The average Bonchev–Trinajstić information content (AvgIpc) is 2.04. The Morgan fingerprint density at radius 1 is 1.38 bits per heavy atom. The maximum Gasteiger partial charge on any atom is 0.0786 e. The molecule has 0 saturated heterocycles. The van der Waals surface area contributed by atoms with Gasteiger partial charge in [-0.3, -0.25) is 4.21 Å². The fourth-order valence-electron chi connectivity index (χ4n) is 2.05. The Hall–Kier alpha value is 0.0700. The topological polar surface area (TPSA) is 49.4 Å². The van der Waals surface area contributed by atoms with Gasteiger partial charge in [0, 0.05) is 12.4 Å². The molecule has 0 aromatic heterocycles. The summed E-state index contributed by atoms with van der Waals surface area (Å²) in [6.07, 6.45) is 5.19. The molecule has 1 rings (SSSR count). The minimum absolute atomic E-state index is 0.167. The van der Waals surface area contributed by atoms with Gasteiger partial charge in [0.1, 0.15) is 0 Å². The van der Waals surface area contributed by atoms with E-state index in [1.165, 1.54) is 6.42 Å². The molecule has 1 saturated carbocycles. The van der Waals surface area contributed by atoms with E-state index >= 15 is 0 Å². The van der Waals surface area contributed by atoms with Gasteiger partial charge in [0.15, 0.2) is 0 Å². The van der Waals surface area contributed by atoms with Crippen molar-refractivity contribution in [3.8, 4) is 0 Å². The highest BCUT2D eigenvalue weighted by Crippen LogP contribution is 2.32. The maximum atomic E-state index is 10.7. The lowest BCUT2D eigenvalue weighted by molar-refractivity contribution is -0.0474. The smallest absolute Gasteiger partial charge is 0.0786 e. The van der Waals surface area contributed by atoms with Crippen LogP contribution >= 0.6 is 0 Å². The van der Waals surface area contributed by atoms with Crippen molar-refractivity contribution in [1.82, 2.24) is 0 Å². The molecule has 0 N–H and O–H groups in total. The summed E-state index contributed by atoms with van der Waals surface area (Å²) in [4.78, 5) is 0. The van der Waals surface area contributed by atoms with Crippen molar-refractivity contribution in [2.45, 2.75) is 44.6 Å². The summed E-state index contributed by atoms with van der Waals surface area (Å²) in [7, 11) is 0. The molecule has 13 heavy (non-hydrogen) atoms. The van der Waals surface area contributed by atoms with E-state index < -0.39 is 11.1 Å². The molecule has 0 heterocycles. The van der Waals surface area contributed by atoms with E-state index in [1.807, 2.05) is 6.92 Å². The highest BCUT2D eigenvalue weighted by Gasteiger charge is 2.32. The van der Waals surface area contributed by atoms with Gasteiger partial charge in [0.2, 0.25) is 0 Å². The number of rotatable bonds is 4. The third-order valence-corrected chi connectivity index (χ3v) is 3.36. The van der Waals surface area contributed by atoms with Gasteiger partial charge in [0.05, 0.1) is 5.60 Å². The van der Waals surface area contributed by atoms with Crippen LogP contribution in [0, 0.1) is 0 Å². The molecule has 0 aromatic carbocycles. The molecule has 0 aromatic rings. The van der Waals surface area contributed by atoms with Gasteiger partial charge in [-0.15, -0.1) is 0 Å². The first kappa shape index (κ1) is 11.1. The Kier molecular flexibility index (Phi) is 4.35. The van der Waals surface area contributed by atoms with Crippen molar-refractivity contribution in [2.24, 2.45) is 0 Å². The van der Waals surface area contributed by atoms with Crippen LogP contribution in [0.5, 0.6) is 0 Å². The summed E-state index contributed by atoms with van der Waals surface area (Å²) >= 11 is -1.98. The number of hydrogen-bond acceptors (Lipinski definition) is 3. The van der Waals surface area contributed by atoms with E-state index in [0.29, 0.717) is 6.61 Å². The van der Waals surface area contributed by atoms with Crippen molar-refractivity contribution in [1.29, 1.82) is 0 Å². The van der Waals surface area contributed by atoms with E-state index in [0.717, 1.165) is 25.7 Å². The summed E-state index contributed by atoms with van der Waals surface area (Å²) in [5.74, 6) is 0.167. The SMILES string of the molecule is CCOC1(CS(=O)[O-])CCCCC1. The van der Waals surface area contributed by atoms with Crippen molar-refractivity contribution in [3.63, 3.8) is 0 Å². The lowest BCUT2D eigenvalue weighted by Crippen LogP contribution is -2.40. The Balaban J connectivity index is 2.55. The fourth-order valence-corrected chi connectivity index (χ4v) is 2.85. The van der Waals surface area contributed by atoms with E-state index in [-0.39, 0.29) is 11.4 Å². The molecule has 1 atom stereocenters. The standard InChI is InChI=1S/C9H18O3S/c1-2-12-9(8-13(10)11)6-4-3-5-7-9/h2-8H2,1H3,(H,10,11)/p-1. The van der Waals surface area contributed by atoms with Crippen molar-refractivity contribution in [3.05, 3.63) is 0 Å². The Morgan fingerprint density at radius 3 is 2.46 bits per heavy atom. The molecule has 1 aliphatic carbocycles. The van der Waals surface area contributed by atoms with Gasteiger partial charge in [-0.25, -0.2) is 0 Å². The van der Waals surface area contributed by atoms with Crippen molar-refractivity contribution < 1.29 is 13.5 Å². The Labute approximate surface area is 82.1 Å². The largest absolute Gasteiger partial charge is 0.772 e. The molecule has 0 aliphatic heterocycles. The molecular weight excluding hydrogens is 188 g/mol. The monoisotopic (exact) mass is 205 g/mol. The molecule has 0 amide bonds. The van der Waals surface area contributed by atoms with E-state index in [4.69, 9.17) is 4.74 Å². The average molecular weight is 205 g/mol. The summed E-state index contributed by atoms with van der Waals surface area (Å²) in [5.41, 5.74) is -0.361. The first-order valence-electron chi connectivity index (χ1n) is 4.88. The fraction of sp³-hybridized carbons (Fsp3) is 1.00. The number of hydrogen-bond donors (Lipinski definition) is 0. The quantitative estimate of drug-likeness (QED) is 0.655. The van der Waals surface area contributed by atoms with E-state index in [9.17, 15) is 8.76 Å². The molecule has 78 valence electrons. The molecule has 4 heteroatoms. The predicted octanol–water partition coefficient (Wildman–Crippen LogP) is 1.60. The van der Waals surface area contributed by atoms with Crippen LogP contribution in [0.15, 0.2) is 0 Å². The van der Waals surface area contributed by atoms with Crippen LogP contribution in [0.1, 0.15) is 39.0 Å². The second-order valence-electron chi connectivity index (χ2n) is 3.62. The van der Waals surface area contributed by atoms with E-state index in [2.05, 4.69) is 0 Å². The van der Waals surface area contributed by atoms with Crippen molar-refractivity contribution >= 4 is 11.1 Å². The maximum absolute atomic E-state index is 10.7. The molecular formula is C9H17O3S-. The van der Waals surface area contributed by atoms with Crippen LogP contribution in [0.4, 0.5) is 0 Å². The highest BCUT2D eigenvalue weighted by atomic mass is 32.2. The van der Waals surface area contributed by atoms with Crippen LogP contribution in [-0.4, -0.2) is 26.7 Å². The first-order valence-corrected chi connectivity index (χ1v) is 6.13. The van der Waals surface area contributed by atoms with Gasteiger partial charge in [-0.1, -0.05) is 30.3 Å². The molecule has 1 aliphatic rings. The van der Waals surface area contributed by atoms with Crippen LogP contribution in [0.25, 0.3) is 0 Å². The predicted molar refractivity (Wildman–Crippen MR) is 51.2 cm³/mol. The summed E-state index contributed by atoms with van der Waals surface area (Å²) in [6.45, 7) is 2.53. The minimum Gasteiger partial charge on any atom is -0.772 e. The summed E-state index contributed by atoms with van der Waals surface area (Å²) < 4.78 is 26.9. The molecule has 1 unspecified atom stereocenters. The van der Waals surface area contributed by atoms with Crippen LogP contribution in [0.2, 0.25) is 0 Å². The third kappa shape index (κ3) is 3.37.